The number of rotatable bonds is 6. The lowest BCUT2D eigenvalue weighted by molar-refractivity contribution is -0.122. The Hall–Kier alpha value is -1.71. The molecule has 0 radical (unpaired) electrons. The van der Waals surface area contributed by atoms with E-state index in [2.05, 4.69) is 12.2 Å². The maximum absolute atomic E-state index is 12.1. The fourth-order valence-electron chi connectivity index (χ4n) is 2.97. The molecule has 0 saturated heterocycles. The summed E-state index contributed by atoms with van der Waals surface area (Å²) in [5.74, 6) is 2.46. The third kappa shape index (κ3) is 4.93. The molecular weight excluding hydrogens is 278 g/mol. The second kappa shape index (κ2) is 8.06. The average molecular weight is 305 g/mol. The van der Waals surface area contributed by atoms with Crippen molar-refractivity contribution in [2.24, 2.45) is 5.92 Å². The zero-order valence-electron chi connectivity index (χ0n) is 13.9. The quantitative estimate of drug-likeness (QED) is 0.877. The second-order valence-corrected chi connectivity index (χ2v) is 6.25. The maximum atomic E-state index is 12.1. The smallest absolute Gasteiger partial charge is 0.220 e. The molecule has 0 spiro atoms. The number of aryl methyl sites for hydroxylation is 1. The molecule has 2 rings (SSSR count). The largest absolute Gasteiger partial charge is 0.497 e. The third-order valence-corrected chi connectivity index (χ3v) is 4.43. The van der Waals surface area contributed by atoms with Gasteiger partial charge in [0.1, 0.15) is 11.5 Å². The van der Waals surface area contributed by atoms with Crippen LogP contribution in [0.3, 0.4) is 0 Å². The summed E-state index contributed by atoms with van der Waals surface area (Å²) in [4.78, 5) is 12.1. The molecule has 0 atom stereocenters. The van der Waals surface area contributed by atoms with Crippen LogP contribution in [0, 0.1) is 5.92 Å². The molecule has 1 aromatic carbocycles. The second-order valence-electron chi connectivity index (χ2n) is 6.25. The summed E-state index contributed by atoms with van der Waals surface area (Å²) < 4.78 is 10.5. The Bertz CT molecular complexity index is 471. The number of methoxy groups -OCH3 is 2. The lowest BCUT2D eigenvalue weighted by atomic mass is 9.87. The van der Waals surface area contributed by atoms with Crippen molar-refractivity contribution in [3.05, 3.63) is 23.8 Å². The van der Waals surface area contributed by atoms with E-state index in [0.29, 0.717) is 18.9 Å². The molecule has 1 aromatic rings. The molecule has 0 aliphatic heterocycles. The van der Waals surface area contributed by atoms with Crippen molar-refractivity contribution in [2.75, 3.05) is 14.2 Å². The highest BCUT2D eigenvalue weighted by molar-refractivity contribution is 5.76. The van der Waals surface area contributed by atoms with Crippen LogP contribution in [0.4, 0.5) is 0 Å². The molecule has 1 saturated carbocycles. The van der Waals surface area contributed by atoms with Crippen LogP contribution in [0.15, 0.2) is 18.2 Å². The summed E-state index contributed by atoms with van der Waals surface area (Å²) in [6, 6.07) is 6.12. The number of hydrogen-bond donors (Lipinski definition) is 1. The van der Waals surface area contributed by atoms with E-state index >= 15 is 0 Å². The molecular formula is C18H27NO3. The summed E-state index contributed by atoms with van der Waals surface area (Å²) >= 11 is 0. The summed E-state index contributed by atoms with van der Waals surface area (Å²) in [6.07, 6.45) is 5.86. The van der Waals surface area contributed by atoms with Crippen molar-refractivity contribution < 1.29 is 14.3 Å². The van der Waals surface area contributed by atoms with Crippen molar-refractivity contribution in [3.8, 4) is 11.5 Å². The van der Waals surface area contributed by atoms with Gasteiger partial charge in [0, 0.05) is 18.5 Å². The molecule has 0 bridgehead atoms. The van der Waals surface area contributed by atoms with Gasteiger partial charge in [0.25, 0.3) is 0 Å². The number of carbonyl (C=O) groups is 1. The van der Waals surface area contributed by atoms with Crippen LogP contribution >= 0.6 is 0 Å². The van der Waals surface area contributed by atoms with Gasteiger partial charge in [-0.15, -0.1) is 0 Å². The van der Waals surface area contributed by atoms with Gasteiger partial charge >= 0.3 is 0 Å². The Morgan fingerprint density at radius 2 is 1.68 bits per heavy atom. The molecule has 1 N–H and O–H groups in total. The molecule has 4 heteroatoms. The van der Waals surface area contributed by atoms with E-state index in [1.165, 1.54) is 12.8 Å². The fourth-order valence-corrected chi connectivity index (χ4v) is 2.97. The van der Waals surface area contributed by atoms with Gasteiger partial charge in [-0.05, 0) is 55.7 Å². The van der Waals surface area contributed by atoms with E-state index in [1.54, 1.807) is 14.2 Å². The lowest BCUT2D eigenvalue weighted by Gasteiger charge is -2.26. The Balaban J connectivity index is 1.83. The predicted molar refractivity (Wildman–Crippen MR) is 87.4 cm³/mol. The zero-order valence-corrected chi connectivity index (χ0v) is 13.9. The summed E-state index contributed by atoms with van der Waals surface area (Å²) in [5, 5.41) is 3.17. The monoisotopic (exact) mass is 305 g/mol. The van der Waals surface area contributed by atoms with Gasteiger partial charge in [-0.1, -0.05) is 6.92 Å². The molecule has 1 aliphatic carbocycles. The van der Waals surface area contributed by atoms with Crippen LogP contribution in [0.25, 0.3) is 0 Å². The number of hydrogen-bond acceptors (Lipinski definition) is 3. The average Bonchev–Trinajstić information content (AvgIpc) is 2.54. The number of nitrogens with one attached hydrogen (secondary N) is 1. The van der Waals surface area contributed by atoms with E-state index in [1.807, 2.05) is 18.2 Å². The van der Waals surface area contributed by atoms with Gasteiger partial charge in [-0.2, -0.15) is 0 Å². The number of carbonyl (C=O) groups excluding carboxylic acids is 1. The SMILES string of the molecule is COc1cc(CCC(=O)NC2CCC(C)CC2)cc(OC)c1. The first kappa shape index (κ1) is 16.7. The van der Waals surface area contributed by atoms with Crippen molar-refractivity contribution in [1.82, 2.24) is 5.32 Å². The minimum absolute atomic E-state index is 0.140. The lowest BCUT2D eigenvalue weighted by Crippen LogP contribution is -2.37. The molecule has 1 amide bonds. The number of amides is 1. The summed E-state index contributed by atoms with van der Waals surface area (Å²) in [5.41, 5.74) is 1.06. The van der Waals surface area contributed by atoms with E-state index in [9.17, 15) is 4.79 Å². The van der Waals surface area contributed by atoms with Crippen molar-refractivity contribution in [1.29, 1.82) is 0 Å². The van der Waals surface area contributed by atoms with Crippen LogP contribution in [-0.4, -0.2) is 26.2 Å². The van der Waals surface area contributed by atoms with Gasteiger partial charge in [0.2, 0.25) is 5.91 Å². The van der Waals surface area contributed by atoms with Crippen molar-refractivity contribution >= 4 is 5.91 Å². The molecule has 0 heterocycles. The molecule has 1 fully saturated rings. The van der Waals surface area contributed by atoms with Crippen LogP contribution in [0.5, 0.6) is 11.5 Å². The molecule has 22 heavy (non-hydrogen) atoms. The van der Waals surface area contributed by atoms with E-state index in [0.717, 1.165) is 35.8 Å². The normalized spacial score (nSPS) is 21.2. The van der Waals surface area contributed by atoms with E-state index < -0.39 is 0 Å². The zero-order chi connectivity index (χ0) is 15.9. The Morgan fingerprint density at radius 1 is 1.09 bits per heavy atom. The fraction of sp³-hybridized carbons (Fsp3) is 0.611. The van der Waals surface area contributed by atoms with Crippen LogP contribution in [-0.2, 0) is 11.2 Å². The molecule has 0 aromatic heterocycles. The number of ether oxygens (including phenoxy) is 2. The highest BCUT2D eigenvalue weighted by Crippen LogP contribution is 2.24. The van der Waals surface area contributed by atoms with Crippen molar-refractivity contribution in [3.63, 3.8) is 0 Å². The summed E-state index contributed by atoms with van der Waals surface area (Å²) in [6.45, 7) is 2.29. The Labute approximate surface area is 133 Å². The first-order valence-corrected chi connectivity index (χ1v) is 8.12. The molecule has 1 aliphatic rings. The predicted octanol–water partition coefficient (Wildman–Crippen LogP) is 3.33. The van der Waals surface area contributed by atoms with Gasteiger partial charge in [0.05, 0.1) is 14.2 Å². The van der Waals surface area contributed by atoms with E-state index in [-0.39, 0.29) is 5.91 Å². The van der Waals surface area contributed by atoms with Gasteiger partial charge in [0.15, 0.2) is 0 Å². The number of benzene rings is 1. The highest BCUT2D eigenvalue weighted by atomic mass is 16.5. The third-order valence-electron chi connectivity index (χ3n) is 4.43. The van der Waals surface area contributed by atoms with Gasteiger partial charge in [-0.3, -0.25) is 4.79 Å². The Morgan fingerprint density at radius 3 is 2.23 bits per heavy atom. The van der Waals surface area contributed by atoms with Crippen LogP contribution in [0.2, 0.25) is 0 Å². The van der Waals surface area contributed by atoms with Gasteiger partial charge < -0.3 is 14.8 Å². The standard InChI is InChI=1S/C18H27NO3/c1-13-4-7-15(8-5-13)19-18(20)9-6-14-10-16(21-2)12-17(11-14)22-3/h10-13,15H,4-9H2,1-3H3,(H,19,20). The molecule has 0 unspecified atom stereocenters. The highest BCUT2D eigenvalue weighted by Gasteiger charge is 2.19. The maximum Gasteiger partial charge on any atom is 0.220 e. The topological polar surface area (TPSA) is 47.6 Å². The Kier molecular flexibility index (Phi) is 6.10. The van der Waals surface area contributed by atoms with E-state index in [4.69, 9.17) is 9.47 Å². The van der Waals surface area contributed by atoms with Crippen molar-refractivity contribution in [2.45, 2.75) is 51.5 Å². The van der Waals surface area contributed by atoms with Crippen LogP contribution < -0.4 is 14.8 Å². The molecule has 122 valence electrons. The first-order chi connectivity index (χ1) is 10.6. The van der Waals surface area contributed by atoms with Gasteiger partial charge in [-0.25, -0.2) is 0 Å². The minimum Gasteiger partial charge on any atom is -0.497 e. The van der Waals surface area contributed by atoms with Crippen LogP contribution in [0.1, 0.15) is 44.6 Å². The minimum atomic E-state index is 0.140. The molecule has 4 nitrogen and oxygen atoms in total. The first-order valence-electron chi connectivity index (χ1n) is 8.12. The summed E-state index contributed by atoms with van der Waals surface area (Å²) in [7, 11) is 3.27.